The van der Waals surface area contributed by atoms with Gasteiger partial charge in [-0.05, 0) is 48.1 Å². The molecular formula is C13H13Cl2NS. The lowest BCUT2D eigenvalue weighted by atomic mass is 10.0. The first-order valence-electron chi connectivity index (χ1n) is 5.31. The van der Waals surface area contributed by atoms with Gasteiger partial charge in [-0.1, -0.05) is 29.3 Å². The molecule has 2 aromatic rings. The Labute approximate surface area is 115 Å². The molecule has 0 saturated heterocycles. The summed E-state index contributed by atoms with van der Waals surface area (Å²) in [7, 11) is 0. The van der Waals surface area contributed by atoms with E-state index in [-0.39, 0.29) is 6.04 Å². The molecule has 1 unspecified atom stereocenters. The molecule has 17 heavy (non-hydrogen) atoms. The van der Waals surface area contributed by atoms with Crippen LogP contribution in [0.5, 0.6) is 0 Å². The summed E-state index contributed by atoms with van der Waals surface area (Å²) >= 11 is 13.6. The molecule has 0 aliphatic heterocycles. The Bertz CT molecular complexity index is 522. The zero-order valence-electron chi connectivity index (χ0n) is 9.41. The average molecular weight is 286 g/mol. The van der Waals surface area contributed by atoms with Gasteiger partial charge in [0.15, 0.2) is 0 Å². The van der Waals surface area contributed by atoms with Crippen molar-refractivity contribution in [2.24, 2.45) is 5.73 Å². The molecule has 1 aromatic heterocycles. The highest BCUT2D eigenvalue weighted by Gasteiger charge is 2.11. The molecule has 2 rings (SSSR count). The maximum Gasteiger partial charge on any atom is 0.0595 e. The smallest absolute Gasteiger partial charge is 0.0595 e. The zero-order valence-corrected chi connectivity index (χ0v) is 11.7. The minimum Gasteiger partial charge on any atom is -0.324 e. The van der Waals surface area contributed by atoms with E-state index in [0.29, 0.717) is 10.0 Å². The van der Waals surface area contributed by atoms with Crippen molar-refractivity contribution in [3.63, 3.8) is 0 Å². The average Bonchev–Trinajstić information content (AvgIpc) is 2.70. The summed E-state index contributed by atoms with van der Waals surface area (Å²) in [5.41, 5.74) is 8.51. The van der Waals surface area contributed by atoms with Crippen LogP contribution in [-0.4, -0.2) is 0 Å². The number of thiophene rings is 1. The second kappa shape index (κ2) is 5.40. The van der Waals surface area contributed by atoms with E-state index in [1.54, 1.807) is 11.3 Å². The van der Waals surface area contributed by atoms with Crippen LogP contribution in [0.4, 0.5) is 0 Å². The van der Waals surface area contributed by atoms with Gasteiger partial charge in [-0.15, -0.1) is 11.3 Å². The molecule has 0 saturated carbocycles. The predicted octanol–water partition coefficient (Wildman–Crippen LogP) is 4.61. The molecule has 0 fully saturated rings. The Morgan fingerprint density at radius 3 is 2.59 bits per heavy atom. The highest BCUT2D eigenvalue weighted by atomic mass is 35.5. The quantitative estimate of drug-likeness (QED) is 0.876. The van der Waals surface area contributed by atoms with Gasteiger partial charge in [-0.2, -0.15) is 0 Å². The van der Waals surface area contributed by atoms with E-state index in [9.17, 15) is 0 Å². The van der Waals surface area contributed by atoms with Crippen LogP contribution in [0.2, 0.25) is 10.0 Å². The molecule has 0 amide bonds. The standard InChI is InChI=1S/C13H13Cl2NS/c1-8-10(4-5-17-8)13(16)7-9-2-3-11(14)12(15)6-9/h2-6,13H,7,16H2,1H3. The van der Waals surface area contributed by atoms with E-state index < -0.39 is 0 Å². The second-order valence-electron chi connectivity index (χ2n) is 3.99. The molecule has 1 nitrogen and oxygen atoms in total. The van der Waals surface area contributed by atoms with E-state index >= 15 is 0 Å². The van der Waals surface area contributed by atoms with Gasteiger partial charge < -0.3 is 5.73 Å². The first-order valence-corrected chi connectivity index (χ1v) is 6.95. The highest BCUT2D eigenvalue weighted by Crippen LogP contribution is 2.27. The van der Waals surface area contributed by atoms with Gasteiger partial charge in [0, 0.05) is 10.9 Å². The molecule has 0 aliphatic carbocycles. The largest absolute Gasteiger partial charge is 0.324 e. The zero-order chi connectivity index (χ0) is 12.4. The van der Waals surface area contributed by atoms with Crippen LogP contribution in [0.15, 0.2) is 29.6 Å². The summed E-state index contributed by atoms with van der Waals surface area (Å²) in [5.74, 6) is 0. The molecule has 0 radical (unpaired) electrons. The van der Waals surface area contributed by atoms with Crippen molar-refractivity contribution in [3.05, 3.63) is 55.7 Å². The first-order chi connectivity index (χ1) is 8.08. The predicted molar refractivity (Wildman–Crippen MR) is 76.2 cm³/mol. The number of hydrogen-bond acceptors (Lipinski definition) is 2. The summed E-state index contributed by atoms with van der Waals surface area (Å²) in [6.07, 6.45) is 0.772. The molecule has 1 heterocycles. The van der Waals surface area contributed by atoms with E-state index in [1.807, 2.05) is 18.2 Å². The van der Waals surface area contributed by atoms with Crippen molar-refractivity contribution >= 4 is 34.5 Å². The SMILES string of the molecule is Cc1sccc1C(N)Cc1ccc(Cl)c(Cl)c1. The van der Waals surface area contributed by atoms with Crippen LogP contribution in [-0.2, 0) is 6.42 Å². The molecule has 0 aliphatic rings. The third kappa shape index (κ3) is 3.02. The van der Waals surface area contributed by atoms with Crippen LogP contribution < -0.4 is 5.73 Å². The Kier molecular flexibility index (Phi) is 4.10. The minimum atomic E-state index is 0.0125. The van der Waals surface area contributed by atoms with Crippen LogP contribution in [0.25, 0.3) is 0 Å². The van der Waals surface area contributed by atoms with Crippen LogP contribution >= 0.6 is 34.5 Å². The van der Waals surface area contributed by atoms with Gasteiger partial charge >= 0.3 is 0 Å². The number of rotatable bonds is 3. The number of benzene rings is 1. The molecular weight excluding hydrogens is 273 g/mol. The summed E-state index contributed by atoms with van der Waals surface area (Å²) < 4.78 is 0. The van der Waals surface area contributed by atoms with Crippen molar-refractivity contribution in [3.8, 4) is 0 Å². The minimum absolute atomic E-state index is 0.0125. The lowest BCUT2D eigenvalue weighted by Gasteiger charge is -2.12. The molecule has 4 heteroatoms. The highest BCUT2D eigenvalue weighted by molar-refractivity contribution is 7.10. The topological polar surface area (TPSA) is 26.0 Å². The van der Waals surface area contributed by atoms with E-state index in [4.69, 9.17) is 28.9 Å². The fraction of sp³-hybridized carbons (Fsp3) is 0.231. The van der Waals surface area contributed by atoms with Gasteiger partial charge in [0.25, 0.3) is 0 Å². The molecule has 2 N–H and O–H groups in total. The van der Waals surface area contributed by atoms with Gasteiger partial charge in [-0.3, -0.25) is 0 Å². The van der Waals surface area contributed by atoms with Crippen molar-refractivity contribution in [1.82, 2.24) is 0 Å². The molecule has 1 atom stereocenters. The van der Waals surface area contributed by atoms with Crippen LogP contribution in [0.1, 0.15) is 22.0 Å². The van der Waals surface area contributed by atoms with Gasteiger partial charge in [0.1, 0.15) is 0 Å². The van der Waals surface area contributed by atoms with E-state index in [1.165, 1.54) is 10.4 Å². The first kappa shape index (κ1) is 12.9. The van der Waals surface area contributed by atoms with Crippen molar-refractivity contribution in [2.45, 2.75) is 19.4 Å². The molecule has 1 aromatic carbocycles. The normalized spacial score (nSPS) is 12.7. The number of aryl methyl sites for hydroxylation is 1. The maximum atomic E-state index is 6.19. The Morgan fingerprint density at radius 2 is 2.00 bits per heavy atom. The Morgan fingerprint density at radius 1 is 1.24 bits per heavy atom. The monoisotopic (exact) mass is 285 g/mol. The second-order valence-corrected chi connectivity index (χ2v) is 5.93. The van der Waals surface area contributed by atoms with Gasteiger partial charge in [0.05, 0.1) is 10.0 Å². The van der Waals surface area contributed by atoms with Gasteiger partial charge in [-0.25, -0.2) is 0 Å². The number of halogens is 2. The summed E-state index contributed by atoms with van der Waals surface area (Å²) in [4.78, 5) is 1.28. The van der Waals surface area contributed by atoms with Gasteiger partial charge in [0.2, 0.25) is 0 Å². The maximum absolute atomic E-state index is 6.19. The molecule has 90 valence electrons. The third-order valence-electron chi connectivity index (χ3n) is 2.74. The number of hydrogen-bond donors (Lipinski definition) is 1. The molecule has 0 bridgehead atoms. The fourth-order valence-corrected chi connectivity index (χ4v) is 2.90. The number of nitrogens with two attached hydrogens (primary N) is 1. The van der Waals surface area contributed by atoms with E-state index in [0.717, 1.165) is 12.0 Å². The van der Waals surface area contributed by atoms with Crippen molar-refractivity contribution in [2.75, 3.05) is 0 Å². The summed E-state index contributed by atoms with van der Waals surface area (Å²) in [5, 5.41) is 3.23. The van der Waals surface area contributed by atoms with Crippen molar-refractivity contribution < 1.29 is 0 Å². The van der Waals surface area contributed by atoms with Crippen LogP contribution in [0.3, 0.4) is 0 Å². The Balaban J connectivity index is 2.16. The van der Waals surface area contributed by atoms with Crippen molar-refractivity contribution in [1.29, 1.82) is 0 Å². The molecule has 0 spiro atoms. The van der Waals surface area contributed by atoms with E-state index in [2.05, 4.69) is 18.4 Å². The lowest BCUT2D eigenvalue weighted by molar-refractivity contribution is 0.721. The summed E-state index contributed by atoms with van der Waals surface area (Å²) in [6, 6.07) is 7.76. The Hall–Kier alpha value is -0.540. The summed E-state index contributed by atoms with van der Waals surface area (Å²) in [6.45, 7) is 2.09. The van der Waals surface area contributed by atoms with Crippen LogP contribution in [0, 0.1) is 6.92 Å². The lowest BCUT2D eigenvalue weighted by Crippen LogP contribution is -2.13. The third-order valence-corrected chi connectivity index (χ3v) is 4.34. The fourth-order valence-electron chi connectivity index (χ4n) is 1.81.